The molecule has 1 aliphatic rings. The molecule has 4 nitrogen and oxygen atoms in total. The van der Waals surface area contributed by atoms with Gasteiger partial charge in [-0.2, -0.15) is 0 Å². The van der Waals surface area contributed by atoms with Crippen molar-refractivity contribution >= 4 is 11.9 Å². The van der Waals surface area contributed by atoms with Crippen molar-refractivity contribution in [2.75, 3.05) is 6.54 Å². The molecular weight excluding hydrogens is 206 g/mol. The van der Waals surface area contributed by atoms with Gasteiger partial charge in [-0.3, -0.25) is 4.79 Å². The molecule has 0 spiro atoms. The lowest BCUT2D eigenvalue weighted by Gasteiger charge is -2.20. The number of hydrogen-bond acceptors (Lipinski definition) is 2. The smallest absolute Gasteiger partial charge is 0.333 e. The molecule has 1 amide bonds. The number of carbonyl (C=O) groups excluding carboxylic acids is 1. The number of aliphatic carboxylic acids is 1. The lowest BCUT2D eigenvalue weighted by molar-refractivity contribution is -0.132. The highest BCUT2D eigenvalue weighted by molar-refractivity contribution is 5.90. The molecule has 0 bridgehead atoms. The molecule has 0 aromatic heterocycles. The Morgan fingerprint density at radius 3 is 2.69 bits per heavy atom. The molecule has 1 atom stereocenters. The summed E-state index contributed by atoms with van der Waals surface area (Å²) >= 11 is 0. The van der Waals surface area contributed by atoms with Crippen molar-refractivity contribution in [3.05, 3.63) is 23.9 Å². The minimum Gasteiger partial charge on any atom is -0.478 e. The Bertz CT molecular complexity index is 357. The number of rotatable bonds is 4. The second kappa shape index (κ2) is 4.96. The molecule has 0 aliphatic carbocycles. The molecule has 1 aliphatic heterocycles. The van der Waals surface area contributed by atoms with Crippen molar-refractivity contribution in [1.82, 2.24) is 4.90 Å². The molecule has 1 unspecified atom stereocenters. The van der Waals surface area contributed by atoms with Gasteiger partial charge in [-0.15, -0.1) is 6.58 Å². The Morgan fingerprint density at radius 1 is 1.69 bits per heavy atom. The molecule has 4 heteroatoms. The number of allylic oxidation sites excluding steroid dienone is 1. The first-order valence-corrected chi connectivity index (χ1v) is 5.39. The lowest BCUT2D eigenvalue weighted by Crippen LogP contribution is -2.28. The van der Waals surface area contributed by atoms with Crippen LogP contribution in [0.3, 0.4) is 0 Å². The average Bonchev–Trinajstić information content (AvgIpc) is 2.61. The van der Waals surface area contributed by atoms with Crippen LogP contribution in [0.5, 0.6) is 0 Å². The minimum absolute atomic E-state index is 0.0348. The van der Waals surface area contributed by atoms with Crippen molar-refractivity contribution in [1.29, 1.82) is 0 Å². The summed E-state index contributed by atoms with van der Waals surface area (Å²) in [6.45, 7) is 7.59. The van der Waals surface area contributed by atoms with Gasteiger partial charge in [0.05, 0.1) is 11.5 Å². The number of likely N-dealkylation sites (tertiary alicyclic amines) is 1. The third-order valence-corrected chi connectivity index (χ3v) is 2.95. The fourth-order valence-corrected chi connectivity index (χ4v) is 1.97. The van der Waals surface area contributed by atoms with Crippen LogP contribution in [-0.4, -0.2) is 28.4 Å². The van der Waals surface area contributed by atoms with Crippen LogP contribution in [0.25, 0.3) is 0 Å². The van der Waals surface area contributed by atoms with Crippen LogP contribution in [0.15, 0.2) is 23.9 Å². The van der Waals surface area contributed by atoms with Crippen molar-refractivity contribution in [3.63, 3.8) is 0 Å². The van der Waals surface area contributed by atoms with Gasteiger partial charge in [0.15, 0.2) is 0 Å². The van der Waals surface area contributed by atoms with E-state index in [1.807, 2.05) is 6.92 Å². The van der Waals surface area contributed by atoms with E-state index in [9.17, 15) is 9.59 Å². The fourth-order valence-electron chi connectivity index (χ4n) is 1.97. The summed E-state index contributed by atoms with van der Waals surface area (Å²) in [6.07, 6.45) is 2.90. The van der Waals surface area contributed by atoms with E-state index in [0.717, 1.165) is 6.42 Å². The van der Waals surface area contributed by atoms with E-state index in [2.05, 4.69) is 6.58 Å². The SMILES string of the molecule is C=CC1CCN(C(CC)=C(C)C(=O)O)C1=O. The quantitative estimate of drug-likeness (QED) is 0.584. The predicted octanol–water partition coefficient (Wildman–Crippen LogP) is 1.79. The third-order valence-electron chi connectivity index (χ3n) is 2.95. The lowest BCUT2D eigenvalue weighted by atomic mass is 10.1. The molecule has 1 saturated heterocycles. The van der Waals surface area contributed by atoms with Crippen LogP contribution in [0.2, 0.25) is 0 Å². The predicted molar refractivity (Wildman–Crippen MR) is 60.6 cm³/mol. The largest absolute Gasteiger partial charge is 0.478 e. The van der Waals surface area contributed by atoms with Crippen LogP contribution >= 0.6 is 0 Å². The number of hydrogen-bond donors (Lipinski definition) is 1. The zero-order valence-electron chi connectivity index (χ0n) is 9.69. The molecule has 1 rings (SSSR count). The van der Waals surface area contributed by atoms with E-state index in [1.165, 1.54) is 6.92 Å². The van der Waals surface area contributed by atoms with Gasteiger partial charge in [0.2, 0.25) is 5.91 Å². The number of amides is 1. The highest BCUT2D eigenvalue weighted by atomic mass is 16.4. The van der Waals surface area contributed by atoms with Gasteiger partial charge in [0.1, 0.15) is 0 Å². The first-order chi connectivity index (χ1) is 7.52. The number of nitrogens with zero attached hydrogens (tertiary/aromatic N) is 1. The maximum atomic E-state index is 11.9. The van der Waals surface area contributed by atoms with E-state index in [1.54, 1.807) is 11.0 Å². The summed E-state index contributed by atoms with van der Waals surface area (Å²) in [5.41, 5.74) is 0.863. The van der Waals surface area contributed by atoms with Gasteiger partial charge in [0, 0.05) is 12.2 Å². The summed E-state index contributed by atoms with van der Waals surface area (Å²) in [5.74, 6) is -1.16. The van der Waals surface area contributed by atoms with Crippen molar-refractivity contribution < 1.29 is 14.7 Å². The zero-order chi connectivity index (χ0) is 12.3. The molecule has 0 aromatic rings. The molecular formula is C12H17NO3. The monoisotopic (exact) mass is 223 g/mol. The molecule has 0 radical (unpaired) electrons. The maximum Gasteiger partial charge on any atom is 0.333 e. The van der Waals surface area contributed by atoms with E-state index in [4.69, 9.17) is 5.11 Å². The Balaban J connectivity index is 3.01. The zero-order valence-corrected chi connectivity index (χ0v) is 9.69. The fraction of sp³-hybridized carbons (Fsp3) is 0.500. The molecule has 88 valence electrons. The molecule has 1 heterocycles. The number of carboxylic acid groups (broad SMARTS) is 1. The Hall–Kier alpha value is -1.58. The third kappa shape index (κ3) is 2.15. The van der Waals surface area contributed by atoms with Gasteiger partial charge in [0.25, 0.3) is 0 Å². The van der Waals surface area contributed by atoms with E-state index < -0.39 is 5.97 Å². The van der Waals surface area contributed by atoms with E-state index in [-0.39, 0.29) is 17.4 Å². The highest BCUT2D eigenvalue weighted by Crippen LogP contribution is 2.26. The average molecular weight is 223 g/mol. The normalized spacial score (nSPS) is 22.0. The van der Waals surface area contributed by atoms with Crippen molar-refractivity contribution in [3.8, 4) is 0 Å². The van der Waals surface area contributed by atoms with Gasteiger partial charge in [-0.1, -0.05) is 13.0 Å². The van der Waals surface area contributed by atoms with Gasteiger partial charge >= 0.3 is 5.97 Å². The summed E-state index contributed by atoms with van der Waals surface area (Å²) in [6, 6.07) is 0. The van der Waals surface area contributed by atoms with Crippen LogP contribution in [0, 0.1) is 5.92 Å². The van der Waals surface area contributed by atoms with Crippen LogP contribution in [0.1, 0.15) is 26.7 Å². The van der Waals surface area contributed by atoms with Gasteiger partial charge in [-0.25, -0.2) is 4.79 Å². The number of carbonyl (C=O) groups is 2. The van der Waals surface area contributed by atoms with Gasteiger partial charge in [-0.05, 0) is 19.8 Å². The first-order valence-electron chi connectivity index (χ1n) is 5.39. The Morgan fingerprint density at radius 2 is 2.31 bits per heavy atom. The molecule has 16 heavy (non-hydrogen) atoms. The number of carboxylic acids is 1. The maximum absolute atomic E-state index is 11.9. The highest BCUT2D eigenvalue weighted by Gasteiger charge is 2.32. The Kier molecular flexibility index (Phi) is 3.88. The molecule has 0 saturated carbocycles. The minimum atomic E-state index is -0.966. The first kappa shape index (κ1) is 12.5. The van der Waals surface area contributed by atoms with Crippen molar-refractivity contribution in [2.45, 2.75) is 26.7 Å². The van der Waals surface area contributed by atoms with Gasteiger partial charge < -0.3 is 10.0 Å². The van der Waals surface area contributed by atoms with Crippen LogP contribution in [0.4, 0.5) is 0 Å². The topological polar surface area (TPSA) is 57.6 Å². The molecule has 0 aromatic carbocycles. The standard InChI is InChI=1S/C12H17NO3/c1-4-9-6-7-13(11(9)14)10(5-2)8(3)12(15)16/h4,9H,1,5-7H2,2-3H3,(H,15,16). The van der Waals surface area contributed by atoms with E-state index in [0.29, 0.717) is 18.7 Å². The summed E-state index contributed by atoms with van der Waals surface area (Å²) in [5, 5.41) is 8.94. The second-order valence-corrected chi connectivity index (χ2v) is 3.85. The molecule has 1 fully saturated rings. The molecule has 1 N–H and O–H groups in total. The second-order valence-electron chi connectivity index (χ2n) is 3.85. The van der Waals surface area contributed by atoms with Crippen LogP contribution in [-0.2, 0) is 9.59 Å². The Labute approximate surface area is 95.2 Å². The van der Waals surface area contributed by atoms with Crippen molar-refractivity contribution in [2.24, 2.45) is 5.92 Å². The van der Waals surface area contributed by atoms with E-state index >= 15 is 0 Å². The summed E-state index contributed by atoms with van der Waals surface area (Å²) in [4.78, 5) is 24.4. The summed E-state index contributed by atoms with van der Waals surface area (Å²) < 4.78 is 0. The van der Waals surface area contributed by atoms with Crippen LogP contribution < -0.4 is 0 Å². The summed E-state index contributed by atoms with van der Waals surface area (Å²) in [7, 11) is 0.